The second-order valence-electron chi connectivity index (χ2n) is 6.85. The topological polar surface area (TPSA) is 98.3 Å². The van der Waals surface area contributed by atoms with Crippen molar-refractivity contribution in [2.45, 2.75) is 11.8 Å². The summed E-state index contributed by atoms with van der Waals surface area (Å²) in [6.07, 6.45) is 0. The maximum absolute atomic E-state index is 13.4. The first-order valence-electron chi connectivity index (χ1n) is 9.35. The molecule has 3 amide bonds. The number of hydrogen-bond donors (Lipinski definition) is 0. The number of amides is 3. The molecule has 0 unspecified atom stereocenters. The van der Waals surface area contributed by atoms with E-state index in [-0.39, 0.29) is 50.1 Å². The highest BCUT2D eigenvalue weighted by atomic mass is 32.2. The molecule has 2 saturated heterocycles. The highest BCUT2D eigenvalue weighted by Crippen LogP contribution is 2.18. The molecule has 29 heavy (non-hydrogen) atoms. The second-order valence-corrected chi connectivity index (χ2v) is 8.79. The van der Waals surface area contributed by atoms with Crippen molar-refractivity contribution in [2.24, 2.45) is 0 Å². The van der Waals surface area contributed by atoms with Crippen LogP contribution in [-0.4, -0.2) is 97.5 Å². The average molecular weight is 426 g/mol. The first-order valence-corrected chi connectivity index (χ1v) is 10.8. The molecule has 2 aliphatic heterocycles. The number of carbonyl (C=O) groups excluding carboxylic acids is 3. The fourth-order valence-electron chi connectivity index (χ4n) is 3.39. The minimum absolute atomic E-state index is 0.0705. The molecule has 158 valence electrons. The van der Waals surface area contributed by atoms with Crippen LogP contribution in [0.3, 0.4) is 0 Å². The Morgan fingerprint density at radius 3 is 2.24 bits per heavy atom. The maximum atomic E-state index is 13.4. The molecule has 2 aliphatic rings. The number of likely N-dealkylation sites (N-methyl/N-ethyl adjacent to an activating group) is 1. The van der Waals surface area contributed by atoms with E-state index in [1.54, 1.807) is 6.92 Å². The Morgan fingerprint density at radius 1 is 1.00 bits per heavy atom. The third-order valence-corrected chi connectivity index (χ3v) is 7.02. The molecule has 9 nitrogen and oxygen atoms in total. The van der Waals surface area contributed by atoms with E-state index in [0.717, 1.165) is 6.07 Å². The molecule has 1 aromatic rings. The summed E-state index contributed by atoms with van der Waals surface area (Å²) < 4.78 is 39.8. The number of sulfonamides is 1. The van der Waals surface area contributed by atoms with E-state index in [4.69, 9.17) is 0 Å². The monoisotopic (exact) mass is 426 g/mol. The van der Waals surface area contributed by atoms with Gasteiger partial charge >= 0.3 is 11.8 Å². The minimum Gasteiger partial charge on any atom is -0.339 e. The van der Waals surface area contributed by atoms with Crippen LogP contribution in [-0.2, 0) is 24.4 Å². The smallest absolute Gasteiger partial charge is 0.312 e. The zero-order valence-corrected chi connectivity index (χ0v) is 16.9. The third kappa shape index (κ3) is 4.40. The van der Waals surface area contributed by atoms with Crippen molar-refractivity contribution < 1.29 is 27.2 Å². The fraction of sp³-hybridized carbons (Fsp3) is 0.500. The van der Waals surface area contributed by atoms with Gasteiger partial charge in [-0.05, 0) is 25.1 Å². The van der Waals surface area contributed by atoms with Gasteiger partial charge in [0.2, 0.25) is 15.9 Å². The second kappa shape index (κ2) is 8.46. The molecule has 0 N–H and O–H groups in total. The molecule has 1 aromatic carbocycles. The first-order chi connectivity index (χ1) is 13.7. The van der Waals surface area contributed by atoms with E-state index in [2.05, 4.69) is 0 Å². The maximum Gasteiger partial charge on any atom is 0.312 e. The summed E-state index contributed by atoms with van der Waals surface area (Å²) in [5.41, 5.74) is 0. The Balaban J connectivity index is 1.57. The summed E-state index contributed by atoms with van der Waals surface area (Å²) in [4.78, 5) is 40.6. The highest BCUT2D eigenvalue weighted by molar-refractivity contribution is 7.89. The lowest BCUT2D eigenvalue weighted by molar-refractivity contribution is -0.157. The molecular formula is C18H23FN4O5S. The Morgan fingerprint density at radius 2 is 1.62 bits per heavy atom. The number of nitrogens with zero attached hydrogens (tertiary/aromatic N) is 4. The quantitative estimate of drug-likeness (QED) is 0.583. The van der Waals surface area contributed by atoms with Crippen LogP contribution in [0.5, 0.6) is 0 Å². The van der Waals surface area contributed by atoms with Crippen molar-refractivity contribution in [2.75, 3.05) is 52.4 Å². The molecule has 0 atom stereocenters. The Bertz CT molecular complexity index is 915. The van der Waals surface area contributed by atoms with E-state index >= 15 is 0 Å². The van der Waals surface area contributed by atoms with Crippen molar-refractivity contribution in [3.05, 3.63) is 30.1 Å². The fourth-order valence-corrected chi connectivity index (χ4v) is 4.84. The molecule has 0 aromatic heterocycles. The van der Waals surface area contributed by atoms with Crippen LogP contribution in [0.15, 0.2) is 29.2 Å². The SMILES string of the molecule is CCN1CCN(CC(=O)N2CCN(S(=O)(=O)c3cccc(F)c3)CC2)C(=O)C1=O. The predicted octanol–water partition coefficient (Wildman–Crippen LogP) is -0.651. The highest BCUT2D eigenvalue weighted by Gasteiger charge is 2.35. The number of rotatable bonds is 5. The molecule has 2 fully saturated rings. The van der Waals surface area contributed by atoms with Gasteiger partial charge in [0.1, 0.15) is 12.4 Å². The molecular weight excluding hydrogens is 403 g/mol. The molecule has 0 spiro atoms. The van der Waals surface area contributed by atoms with Crippen LogP contribution >= 0.6 is 0 Å². The largest absolute Gasteiger partial charge is 0.339 e. The van der Waals surface area contributed by atoms with Gasteiger partial charge in [-0.2, -0.15) is 4.31 Å². The summed E-state index contributed by atoms with van der Waals surface area (Å²) in [5.74, 6) is -2.28. The standard InChI is InChI=1S/C18H23FN4O5S/c1-2-20-6-7-22(18(26)17(20)25)13-16(24)21-8-10-23(11-9-21)29(27,28)15-5-3-4-14(19)12-15/h3-5,12H,2,6-11,13H2,1H3. The van der Waals surface area contributed by atoms with Gasteiger partial charge in [-0.25, -0.2) is 12.8 Å². The lowest BCUT2D eigenvalue weighted by Crippen LogP contribution is -2.58. The predicted molar refractivity (Wildman–Crippen MR) is 101 cm³/mol. The third-order valence-electron chi connectivity index (χ3n) is 5.13. The van der Waals surface area contributed by atoms with Gasteiger partial charge in [-0.3, -0.25) is 14.4 Å². The normalized spacial score (nSPS) is 19.0. The van der Waals surface area contributed by atoms with Crippen molar-refractivity contribution in [1.29, 1.82) is 0 Å². The van der Waals surface area contributed by atoms with Crippen LogP contribution in [0, 0.1) is 5.82 Å². The van der Waals surface area contributed by atoms with Gasteiger partial charge in [0.15, 0.2) is 0 Å². The summed E-state index contributed by atoms with van der Waals surface area (Å²) >= 11 is 0. The summed E-state index contributed by atoms with van der Waals surface area (Å²) in [7, 11) is -3.85. The molecule has 11 heteroatoms. The zero-order valence-electron chi connectivity index (χ0n) is 16.1. The van der Waals surface area contributed by atoms with Crippen molar-refractivity contribution in [3.63, 3.8) is 0 Å². The van der Waals surface area contributed by atoms with Gasteiger partial charge in [0, 0.05) is 45.8 Å². The lowest BCUT2D eigenvalue weighted by atomic mass is 10.2. The number of benzene rings is 1. The van der Waals surface area contributed by atoms with E-state index in [9.17, 15) is 27.2 Å². The van der Waals surface area contributed by atoms with Crippen molar-refractivity contribution in [3.8, 4) is 0 Å². The van der Waals surface area contributed by atoms with Crippen LogP contribution in [0.2, 0.25) is 0 Å². The van der Waals surface area contributed by atoms with Gasteiger partial charge < -0.3 is 14.7 Å². The summed E-state index contributed by atoms with van der Waals surface area (Å²) in [6.45, 7) is 3.14. The van der Waals surface area contributed by atoms with E-state index in [0.29, 0.717) is 13.1 Å². The molecule has 3 rings (SSSR count). The van der Waals surface area contributed by atoms with Crippen LogP contribution in [0.1, 0.15) is 6.92 Å². The van der Waals surface area contributed by atoms with Crippen molar-refractivity contribution >= 4 is 27.7 Å². The Kier molecular flexibility index (Phi) is 6.18. The molecule has 0 aliphatic carbocycles. The van der Waals surface area contributed by atoms with Crippen LogP contribution in [0.4, 0.5) is 4.39 Å². The molecule has 2 heterocycles. The molecule has 0 bridgehead atoms. The molecule has 0 saturated carbocycles. The van der Waals surface area contributed by atoms with Crippen LogP contribution in [0.25, 0.3) is 0 Å². The van der Waals surface area contributed by atoms with Gasteiger partial charge in [0.05, 0.1) is 4.90 Å². The number of carbonyl (C=O) groups is 3. The number of hydrogen-bond acceptors (Lipinski definition) is 5. The Labute approximate surface area is 168 Å². The summed E-state index contributed by atoms with van der Waals surface area (Å²) in [6, 6.07) is 4.79. The molecule has 0 radical (unpaired) electrons. The minimum atomic E-state index is -3.85. The lowest BCUT2D eigenvalue weighted by Gasteiger charge is -2.37. The number of piperazine rings is 2. The van der Waals surface area contributed by atoms with E-state index in [1.165, 1.54) is 37.2 Å². The number of halogens is 1. The zero-order chi connectivity index (χ0) is 21.2. The van der Waals surface area contributed by atoms with Gasteiger partial charge in [-0.1, -0.05) is 6.07 Å². The van der Waals surface area contributed by atoms with Gasteiger partial charge in [0.25, 0.3) is 0 Å². The van der Waals surface area contributed by atoms with Crippen LogP contribution < -0.4 is 0 Å². The van der Waals surface area contributed by atoms with Gasteiger partial charge in [-0.15, -0.1) is 0 Å². The first kappa shape index (κ1) is 21.2. The van der Waals surface area contributed by atoms with Crippen molar-refractivity contribution in [1.82, 2.24) is 19.0 Å². The van der Waals surface area contributed by atoms with E-state index < -0.39 is 27.7 Å². The summed E-state index contributed by atoms with van der Waals surface area (Å²) in [5, 5.41) is 0. The van der Waals surface area contributed by atoms with E-state index in [1.807, 2.05) is 0 Å². The average Bonchev–Trinajstić information content (AvgIpc) is 2.71. The Hall–Kier alpha value is -2.53.